The van der Waals surface area contributed by atoms with Crippen LogP contribution in [-0.2, 0) is 4.79 Å². The fourth-order valence-electron chi connectivity index (χ4n) is 3.65. The number of aliphatic carboxylic acids is 1. The molecule has 0 aromatic carbocycles. The second-order valence-electron chi connectivity index (χ2n) is 7.44. The Hall–Kier alpha value is 0.430. The number of carbonyl (C=O) groups excluding carboxylic acids is 1. The molecule has 0 radical (unpaired) electrons. The van der Waals surface area contributed by atoms with E-state index in [1.54, 1.807) is 0 Å². The molecule has 0 saturated carbocycles. The SMILES string of the molecule is CCCCCCCCCCCCCCCCC(C(=O)[O-])N(CC)CC.[Na+]. The summed E-state index contributed by atoms with van der Waals surface area (Å²) < 4.78 is 0. The minimum atomic E-state index is -0.904. The zero-order valence-corrected chi connectivity index (χ0v) is 20.4. The smallest absolute Gasteiger partial charge is 0.548 e. The van der Waals surface area contributed by atoms with Gasteiger partial charge in [-0.1, -0.05) is 111 Å². The van der Waals surface area contributed by atoms with E-state index in [2.05, 4.69) is 6.92 Å². The summed E-state index contributed by atoms with van der Waals surface area (Å²) in [7, 11) is 0. The van der Waals surface area contributed by atoms with Crippen molar-refractivity contribution >= 4 is 5.97 Å². The number of carboxylic acids is 1. The molecular formula is C22H44NNaO2. The van der Waals surface area contributed by atoms with E-state index in [9.17, 15) is 9.90 Å². The molecule has 0 aromatic rings. The quantitative estimate of drug-likeness (QED) is 0.256. The van der Waals surface area contributed by atoms with Crippen LogP contribution in [-0.4, -0.2) is 30.0 Å². The zero-order valence-electron chi connectivity index (χ0n) is 18.4. The Morgan fingerprint density at radius 1 is 0.692 bits per heavy atom. The van der Waals surface area contributed by atoms with Crippen LogP contribution in [0.5, 0.6) is 0 Å². The summed E-state index contributed by atoms with van der Waals surface area (Å²) >= 11 is 0. The van der Waals surface area contributed by atoms with Gasteiger partial charge in [0.25, 0.3) is 0 Å². The van der Waals surface area contributed by atoms with Crippen LogP contribution in [0, 0.1) is 0 Å². The zero-order chi connectivity index (χ0) is 18.8. The van der Waals surface area contributed by atoms with Gasteiger partial charge in [-0.2, -0.15) is 0 Å². The molecule has 3 nitrogen and oxygen atoms in total. The minimum Gasteiger partial charge on any atom is -0.548 e. The van der Waals surface area contributed by atoms with Crippen LogP contribution in [0.25, 0.3) is 0 Å². The molecule has 150 valence electrons. The number of unbranched alkanes of at least 4 members (excludes halogenated alkanes) is 13. The fourth-order valence-corrected chi connectivity index (χ4v) is 3.65. The van der Waals surface area contributed by atoms with Gasteiger partial charge in [0.15, 0.2) is 0 Å². The molecule has 0 rings (SSSR count). The summed E-state index contributed by atoms with van der Waals surface area (Å²) in [4.78, 5) is 13.3. The van der Waals surface area contributed by atoms with E-state index in [0.717, 1.165) is 32.4 Å². The van der Waals surface area contributed by atoms with Crippen LogP contribution >= 0.6 is 0 Å². The first kappa shape index (κ1) is 28.6. The van der Waals surface area contributed by atoms with Crippen molar-refractivity contribution in [2.45, 2.75) is 123 Å². The van der Waals surface area contributed by atoms with Crippen molar-refractivity contribution in [3.63, 3.8) is 0 Å². The number of carboxylic acid groups (broad SMARTS) is 1. The normalized spacial score (nSPS) is 12.2. The van der Waals surface area contributed by atoms with E-state index < -0.39 is 12.0 Å². The van der Waals surface area contributed by atoms with E-state index in [4.69, 9.17) is 0 Å². The van der Waals surface area contributed by atoms with Gasteiger partial charge in [-0.05, 0) is 19.5 Å². The number of carbonyl (C=O) groups is 1. The maximum Gasteiger partial charge on any atom is 1.00 e. The third-order valence-electron chi connectivity index (χ3n) is 5.36. The maximum atomic E-state index is 11.3. The van der Waals surface area contributed by atoms with E-state index in [1.807, 2.05) is 18.7 Å². The van der Waals surface area contributed by atoms with E-state index in [-0.39, 0.29) is 29.6 Å². The van der Waals surface area contributed by atoms with Crippen molar-refractivity contribution in [3.05, 3.63) is 0 Å². The first-order valence-corrected chi connectivity index (χ1v) is 11.1. The largest absolute Gasteiger partial charge is 1.00 e. The Balaban J connectivity index is 0. The first-order valence-electron chi connectivity index (χ1n) is 11.1. The van der Waals surface area contributed by atoms with E-state index in [1.165, 1.54) is 77.0 Å². The molecule has 0 heterocycles. The van der Waals surface area contributed by atoms with Crippen molar-refractivity contribution in [1.82, 2.24) is 4.90 Å². The molecular weight excluding hydrogens is 333 g/mol. The van der Waals surface area contributed by atoms with Crippen molar-refractivity contribution in [3.8, 4) is 0 Å². The summed E-state index contributed by atoms with van der Waals surface area (Å²) in [5.41, 5.74) is 0. The van der Waals surface area contributed by atoms with Gasteiger partial charge in [0.2, 0.25) is 0 Å². The molecule has 1 atom stereocenters. The number of nitrogens with zero attached hydrogens (tertiary/aromatic N) is 1. The van der Waals surface area contributed by atoms with Crippen molar-refractivity contribution in [2.24, 2.45) is 0 Å². The number of likely N-dealkylation sites (N-methyl/N-ethyl adjacent to an activating group) is 1. The second kappa shape index (κ2) is 21.7. The molecule has 0 bridgehead atoms. The van der Waals surface area contributed by atoms with Gasteiger partial charge in [0.05, 0.1) is 5.97 Å². The summed E-state index contributed by atoms with van der Waals surface area (Å²) in [6.07, 6.45) is 19.4. The van der Waals surface area contributed by atoms with Gasteiger partial charge >= 0.3 is 29.6 Å². The summed E-state index contributed by atoms with van der Waals surface area (Å²) in [6, 6.07) is -0.396. The number of hydrogen-bond acceptors (Lipinski definition) is 3. The average Bonchev–Trinajstić information content (AvgIpc) is 2.61. The molecule has 0 fully saturated rings. The summed E-state index contributed by atoms with van der Waals surface area (Å²) in [5.74, 6) is -0.904. The Morgan fingerprint density at radius 2 is 1.04 bits per heavy atom. The summed E-state index contributed by atoms with van der Waals surface area (Å²) in [5, 5.41) is 11.3. The molecule has 0 aliphatic heterocycles. The van der Waals surface area contributed by atoms with Crippen LogP contribution < -0.4 is 34.7 Å². The van der Waals surface area contributed by atoms with Gasteiger partial charge in [-0.3, -0.25) is 4.90 Å². The van der Waals surface area contributed by atoms with E-state index >= 15 is 0 Å². The van der Waals surface area contributed by atoms with E-state index in [0.29, 0.717) is 0 Å². The summed E-state index contributed by atoms with van der Waals surface area (Å²) in [6.45, 7) is 7.88. The van der Waals surface area contributed by atoms with Crippen LogP contribution in [0.2, 0.25) is 0 Å². The topological polar surface area (TPSA) is 43.4 Å². The minimum absolute atomic E-state index is 0. The van der Waals surface area contributed by atoms with Crippen molar-refractivity contribution < 1.29 is 39.5 Å². The van der Waals surface area contributed by atoms with Gasteiger partial charge in [-0.25, -0.2) is 0 Å². The Morgan fingerprint density at radius 3 is 1.35 bits per heavy atom. The maximum absolute atomic E-state index is 11.3. The van der Waals surface area contributed by atoms with Crippen LogP contribution in [0.3, 0.4) is 0 Å². The van der Waals surface area contributed by atoms with Crippen LogP contribution in [0.15, 0.2) is 0 Å². The van der Waals surface area contributed by atoms with Crippen LogP contribution in [0.4, 0.5) is 0 Å². The standard InChI is InChI=1S/C22H45NO2.Na/c1-4-7-8-9-10-11-12-13-14-15-16-17-18-19-20-21(22(24)25)23(5-2)6-3;/h21H,4-20H2,1-3H3,(H,24,25);/q;+1/p-1. The number of rotatable bonds is 19. The van der Waals surface area contributed by atoms with Gasteiger partial charge in [0.1, 0.15) is 0 Å². The molecule has 0 amide bonds. The monoisotopic (exact) mass is 377 g/mol. The number of hydrogen-bond donors (Lipinski definition) is 0. The third-order valence-corrected chi connectivity index (χ3v) is 5.36. The molecule has 0 aliphatic rings. The molecule has 0 saturated heterocycles. The van der Waals surface area contributed by atoms with Gasteiger partial charge < -0.3 is 9.90 Å². The molecule has 0 N–H and O–H groups in total. The molecule has 0 aliphatic carbocycles. The molecule has 0 aromatic heterocycles. The van der Waals surface area contributed by atoms with Crippen molar-refractivity contribution in [2.75, 3.05) is 13.1 Å². The molecule has 4 heteroatoms. The van der Waals surface area contributed by atoms with Gasteiger partial charge in [0, 0.05) is 6.04 Å². The fraction of sp³-hybridized carbons (Fsp3) is 0.955. The Bertz CT molecular complexity index is 296. The average molecular weight is 378 g/mol. The molecule has 26 heavy (non-hydrogen) atoms. The van der Waals surface area contributed by atoms with Gasteiger partial charge in [-0.15, -0.1) is 0 Å². The predicted octanol–water partition coefficient (Wildman–Crippen LogP) is 2.32. The van der Waals surface area contributed by atoms with Crippen molar-refractivity contribution in [1.29, 1.82) is 0 Å². The first-order chi connectivity index (χ1) is 12.2. The second-order valence-corrected chi connectivity index (χ2v) is 7.44. The molecule has 1 unspecified atom stereocenters. The Labute approximate surface area is 186 Å². The third kappa shape index (κ3) is 16.6. The molecule has 0 spiro atoms. The van der Waals surface area contributed by atoms with Crippen LogP contribution in [0.1, 0.15) is 117 Å². The predicted molar refractivity (Wildman–Crippen MR) is 107 cm³/mol. The Kier molecular flexibility index (Phi) is 23.9.